The number of carbonyl (C=O) groups excluding carboxylic acids is 1. The number of nitrogen functional groups attached to an aromatic ring is 1. The Morgan fingerprint density at radius 3 is 2.73 bits per heavy atom. The average Bonchev–Trinajstić information content (AvgIpc) is 3.18. The number of aromatic nitrogens is 2. The van der Waals surface area contributed by atoms with E-state index in [0.717, 1.165) is 0 Å². The number of imidazole rings is 1. The van der Waals surface area contributed by atoms with Gasteiger partial charge in [-0.05, 0) is 25.0 Å². The fourth-order valence-electron chi connectivity index (χ4n) is 3.85. The number of nitrogens with one attached hydrogen (secondary N) is 1. The molecule has 4 atom stereocenters. The highest BCUT2D eigenvalue weighted by atomic mass is 32.2. The third-order valence-corrected chi connectivity index (χ3v) is 6.27. The molecule has 1 aromatic carbocycles. The molecule has 0 aliphatic carbocycles. The molecule has 0 radical (unpaired) electrons. The highest BCUT2D eigenvalue weighted by Crippen LogP contribution is 2.35. The summed E-state index contributed by atoms with van der Waals surface area (Å²) in [5.74, 6) is -0.0525. The molecule has 3 heterocycles. The van der Waals surface area contributed by atoms with E-state index >= 15 is 0 Å². The Bertz CT molecular complexity index is 1050. The Morgan fingerprint density at radius 2 is 1.93 bits per heavy atom. The maximum Gasteiger partial charge on any atom is 0.362 e. The van der Waals surface area contributed by atoms with Crippen LogP contribution in [0.1, 0.15) is 37.7 Å². The van der Waals surface area contributed by atoms with Crippen molar-refractivity contribution in [1.82, 2.24) is 14.3 Å². The summed E-state index contributed by atoms with van der Waals surface area (Å²) < 4.78 is 38.1. The van der Waals surface area contributed by atoms with Crippen molar-refractivity contribution in [3.05, 3.63) is 24.0 Å². The SMILES string of the molecule is Nc1cccc2c1nc1n2[C@@H]2O[C@H](COS(=O)(=O)NC(=O)CCCCC1)[C@@H](O)[C@H]2O. The summed E-state index contributed by atoms with van der Waals surface area (Å²) in [5, 5.41) is 21.0. The second-order valence-electron chi connectivity index (χ2n) is 7.48. The van der Waals surface area contributed by atoms with Crippen molar-refractivity contribution < 1.29 is 32.3 Å². The van der Waals surface area contributed by atoms with Gasteiger partial charge in [-0.1, -0.05) is 12.5 Å². The third-order valence-electron chi connectivity index (χ3n) is 5.35. The smallest absolute Gasteiger partial charge is 0.362 e. The number of anilines is 1. The normalized spacial score (nSPS) is 30.3. The number of fused-ring (bicyclic) bond motifs is 6. The zero-order valence-electron chi connectivity index (χ0n) is 16.1. The van der Waals surface area contributed by atoms with Crippen LogP contribution in [0.2, 0.25) is 0 Å². The van der Waals surface area contributed by atoms with Crippen molar-refractivity contribution in [1.29, 1.82) is 0 Å². The summed E-state index contributed by atoms with van der Waals surface area (Å²) in [5.41, 5.74) is 7.72. The van der Waals surface area contributed by atoms with Crippen molar-refractivity contribution in [2.45, 2.75) is 56.6 Å². The van der Waals surface area contributed by atoms with E-state index in [1.165, 1.54) is 0 Å². The quantitative estimate of drug-likeness (QED) is 0.403. The lowest BCUT2D eigenvalue weighted by molar-refractivity contribution is -0.119. The average molecular weight is 440 g/mol. The van der Waals surface area contributed by atoms with Crippen molar-refractivity contribution >= 4 is 32.9 Å². The van der Waals surface area contributed by atoms with Gasteiger partial charge in [0.2, 0.25) is 5.91 Å². The molecule has 12 heteroatoms. The zero-order chi connectivity index (χ0) is 21.5. The first-order chi connectivity index (χ1) is 14.3. The van der Waals surface area contributed by atoms with E-state index in [4.69, 9.17) is 14.7 Å². The summed E-state index contributed by atoms with van der Waals surface area (Å²) >= 11 is 0. The number of aliphatic hydroxyl groups is 2. The van der Waals surface area contributed by atoms with Gasteiger partial charge in [0.25, 0.3) is 0 Å². The summed E-state index contributed by atoms with van der Waals surface area (Å²) in [6.07, 6.45) is -2.49. The van der Waals surface area contributed by atoms with Gasteiger partial charge in [-0.15, -0.1) is 0 Å². The number of nitrogens with zero attached hydrogens (tertiary/aromatic N) is 2. The summed E-state index contributed by atoms with van der Waals surface area (Å²) in [4.78, 5) is 16.5. The van der Waals surface area contributed by atoms with Gasteiger partial charge in [-0.25, -0.2) is 9.71 Å². The van der Waals surface area contributed by atoms with Crippen molar-refractivity contribution in [2.24, 2.45) is 0 Å². The number of rotatable bonds is 0. The lowest BCUT2D eigenvalue weighted by Crippen LogP contribution is -2.37. The molecule has 0 spiro atoms. The van der Waals surface area contributed by atoms with Gasteiger partial charge in [0.1, 0.15) is 29.7 Å². The van der Waals surface area contributed by atoms with Crippen LogP contribution >= 0.6 is 0 Å². The number of hydrogen-bond donors (Lipinski definition) is 4. The van der Waals surface area contributed by atoms with Crippen LogP contribution in [-0.4, -0.2) is 59.0 Å². The van der Waals surface area contributed by atoms with E-state index in [1.807, 2.05) is 4.72 Å². The van der Waals surface area contributed by atoms with Gasteiger partial charge in [-0.2, -0.15) is 8.42 Å². The van der Waals surface area contributed by atoms with Crippen molar-refractivity contribution in [2.75, 3.05) is 12.3 Å². The van der Waals surface area contributed by atoms with Crippen LogP contribution in [0, 0.1) is 0 Å². The van der Waals surface area contributed by atoms with E-state index < -0.39 is 47.4 Å². The first kappa shape index (κ1) is 21.0. The summed E-state index contributed by atoms with van der Waals surface area (Å²) in [6.45, 7) is -0.568. The number of ether oxygens (including phenoxy) is 1. The van der Waals surface area contributed by atoms with Crippen LogP contribution in [0.4, 0.5) is 5.69 Å². The van der Waals surface area contributed by atoms with Gasteiger partial charge in [0.15, 0.2) is 6.23 Å². The van der Waals surface area contributed by atoms with Crippen LogP contribution in [0.25, 0.3) is 11.0 Å². The predicted molar refractivity (Wildman–Crippen MR) is 105 cm³/mol. The van der Waals surface area contributed by atoms with E-state index in [0.29, 0.717) is 48.2 Å². The second kappa shape index (κ2) is 8.12. The minimum absolute atomic E-state index is 0.0375. The monoisotopic (exact) mass is 440 g/mol. The molecule has 2 bridgehead atoms. The lowest BCUT2D eigenvalue weighted by Gasteiger charge is -2.20. The van der Waals surface area contributed by atoms with Crippen LogP contribution < -0.4 is 10.5 Å². The fourth-order valence-corrected chi connectivity index (χ4v) is 4.60. The Kier molecular flexibility index (Phi) is 5.68. The van der Waals surface area contributed by atoms with Crippen molar-refractivity contribution in [3.63, 3.8) is 0 Å². The van der Waals surface area contributed by atoms with Gasteiger partial charge in [0.05, 0.1) is 17.8 Å². The zero-order valence-corrected chi connectivity index (χ0v) is 16.9. The Balaban J connectivity index is 1.73. The molecular formula is C18H24N4O7S. The van der Waals surface area contributed by atoms with Crippen molar-refractivity contribution in [3.8, 4) is 0 Å². The number of nitrogens with two attached hydrogens (primary N) is 1. The molecule has 5 N–H and O–H groups in total. The lowest BCUT2D eigenvalue weighted by atomic mass is 10.1. The molecule has 30 heavy (non-hydrogen) atoms. The van der Waals surface area contributed by atoms with Gasteiger partial charge >= 0.3 is 10.3 Å². The third kappa shape index (κ3) is 4.01. The molecule has 1 saturated heterocycles. The van der Waals surface area contributed by atoms with Crippen LogP contribution in [-0.2, 0) is 30.4 Å². The molecule has 2 aliphatic heterocycles. The van der Waals surface area contributed by atoms with E-state index in [9.17, 15) is 23.4 Å². The topological polar surface area (TPSA) is 166 Å². The van der Waals surface area contributed by atoms with Crippen LogP contribution in [0.15, 0.2) is 18.2 Å². The van der Waals surface area contributed by atoms with E-state index in [2.05, 4.69) is 4.98 Å². The summed E-state index contributed by atoms with van der Waals surface area (Å²) in [7, 11) is -4.35. The number of benzene rings is 1. The molecule has 1 fully saturated rings. The molecule has 2 aliphatic rings. The number of para-hydroxylation sites is 1. The Morgan fingerprint density at radius 1 is 1.17 bits per heavy atom. The van der Waals surface area contributed by atoms with Gasteiger partial charge in [0, 0.05) is 12.8 Å². The maximum absolute atomic E-state index is 12.0. The minimum Gasteiger partial charge on any atom is -0.397 e. The predicted octanol–water partition coefficient (Wildman–Crippen LogP) is -0.268. The minimum atomic E-state index is -4.35. The van der Waals surface area contributed by atoms with E-state index in [1.54, 1.807) is 22.8 Å². The molecule has 164 valence electrons. The highest BCUT2D eigenvalue weighted by Gasteiger charge is 2.45. The molecule has 1 amide bonds. The largest absolute Gasteiger partial charge is 0.397 e. The maximum atomic E-state index is 12.0. The van der Waals surface area contributed by atoms with Crippen LogP contribution in [0.5, 0.6) is 0 Å². The molecule has 1 aromatic heterocycles. The molecule has 11 nitrogen and oxygen atoms in total. The second-order valence-corrected chi connectivity index (χ2v) is 8.83. The number of aryl methyl sites for hydroxylation is 1. The summed E-state index contributed by atoms with van der Waals surface area (Å²) in [6, 6.07) is 5.26. The van der Waals surface area contributed by atoms with Gasteiger partial charge in [-0.3, -0.25) is 13.5 Å². The number of carbonyl (C=O) groups is 1. The molecule has 0 saturated carbocycles. The van der Waals surface area contributed by atoms with E-state index in [-0.39, 0.29) is 6.42 Å². The molecule has 4 rings (SSSR count). The molecule has 0 unspecified atom stereocenters. The number of amides is 1. The first-order valence-electron chi connectivity index (χ1n) is 9.74. The molecular weight excluding hydrogens is 416 g/mol. The molecule has 2 aromatic rings. The Labute approximate surface area is 173 Å². The highest BCUT2D eigenvalue weighted by molar-refractivity contribution is 7.85. The Hall–Kier alpha value is -2.25. The standard InChI is InChI=1S/C18H24N4O7S/c19-10-5-4-6-11-15(10)20-13-7-2-1-3-8-14(23)21-30(26,27)28-9-12-16(24)17(25)18(29-12)22(11)13/h4-6,12,16-18,24-25H,1-3,7-9,19H2,(H,21,23)/t12-,16-,17-,18-/m1/s1. The fraction of sp³-hybridized carbons (Fsp3) is 0.556. The van der Waals surface area contributed by atoms with Gasteiger partial charge < -0.3 is 20.7 Å². The van der Waals surface area contributed by atoms with Crippen LogP contribution in [0.3, 0.4) is 0 Å². The first-order valence-corrected chi connectivity index (χ1v) is 11.1. The number of hydrogen-bond acceptors (Lipinski definition) is 9. The number of aliphatic hydroxyl groups excluding tert-OH is 2.